The van der Waals surface area contributed by atoms with E-state index >= 15 is 0 Å². The average molecular weight is 290 g/mol. The van der Waals surface area contributed by atoms with Crippen molar-refractivity contribution in [3.05, 3.63) is 60.3 Å². The lowest BCUT2D eigenvalue weighted by atomic mass is 10.3. The molecule has 2 aromatic rings. The Labute approximate surface area is 120 Å². The van der Waals surface area contributed by atoms with E-state index in [1.165, 1.54) is 42.7 Å². The minimum Gasteiger partial charge on any atom is -0.465 e. The second-order valence-electron chi connectivity index (χ2n) is 3.80. The molecule has 0 aliphatic heterocycles. The smallest absolute Gasteiger partial charge is 0.250 e. The molecule has 1 amide bonds. The van der Waals surface area contributed by atoms with Crippen molar-refractivity contribution >= 4 is 35.0 Å². The van der Waals surface area contributed by atoms with Crippen LogP contribution in [0.3, 0.4) is 0 Å². The molecule has 102 valence electrons. The maximum absolute atomic E-state index is 12.7. The van der Waals surface area contributed by atoms with Gasteiger partial charge in [-0.05, 0) is 54.7 Å². The molecule has 0 fully saturated rings. The number of nitrogens with one attached hydrogen (secondary N) is 2. The Morgan fingerprint density at radius 2 is 2.00 bits per heavy atom. The van der Waals surface area contributed by atoms with E-state index in [4.69, 9.17) is 16.6 Å². The molecular weight excluding hydrogens is 279 g/mol. The average Bonchev–Trinajstić information content (AvgIpc) is 2.92. The van der Waals surface area contributed by atoms with Gasteiger partial charge in [-0.3, -0.25) is 10.1 Å². The summed E-state index contributed by atoms with van der Waals surface area (Å²) in [5.74, 6) is -0.162. The first-order valence-corrected chi connectivity index (χ1v) is 6.13. The summed E-state index contributed by atoms with van der Waals surface area (Å²) in [4.78, 5) is 11.6. The number of furan rings is 1. The SMILES string of the molecule is O=C(/C=C/c1ccco1)NC(=S)Nc1ccc(F)cc1. The Morgan fingerprint density at radius 3 is 2.65 bits per heavy atom. The third kappa shape index (κ3) is 4.33. The van der Waals surface area contributed by atoms with Crippen LogP contribution in [0, 0.1) is 5.82 Å². The second kappa shape index (κ2) is 6.63. The zero-order valence-corrected chi connectivity index (χ0v) is 11.1. The van der Waals surface area contributed by atoms with Gasteiger partial charge in [-0.2, -0.15) is 0 Å². The van der Waals surface area contributed by atoms with Gasteiger partial charge < -0.3 is 9.73 Å². The quantitative estimate of drug-likeness (QED) is 0.674. The van der Waals surface area contributed by atoms with Crippen LogP contribution in [0.15, 0.2) is 53.2 Å². The highest BCUT2D eigenvalue weighted by atomic mass is 32.1. The summed E-state index contributed by atoms with van der Waals surface area (Å²) in [6.07, 6.45) is 4.34. The highest BCUT2D eigenvalue weighted by Crippen LogP contribution is 2.07. The van der Waals surface area contributed by atoms with Crippen LogP contribution in [0.1, 0.15) is 5.76 Å². The van der Waals surface area contributed by atoms with Gasteiger partial charge in [0.05, 0.1) is 6.26 Å². The van der Waals surface area contributed by atoms with Gasteiger partial charge in [-0.15, -0.1) is 0 Å². The zero-order chi connectivity index (χ0) is 14.4. The number of carbonyl (C=O) groups is 1. The minimum atomic E-state index is -0.388. The molecule has 0 unspecified atom stereocenters. The summed E-state index contributed by atoms with van der Waals surface area (Å²) in [5, 5.41) is 5.36. The molecule has 2 rings (SSSR count). The first kappa shape index (κ1) is 14.0. The Bertz CT molecular complexity index is 621. The van der Waals surface area contributed by atoms with Crippen molar-refractivity contribution in [3.63, 3.8) is 0 Å². The van der Waals surface area contributed by atoms with E-state index in [1.807, 2.05) is 0 Å². The molecule has 1 heterocycles. The maximum atomic E-state index is 12.7. The van der Waals surface area contributed by atoms with Crippen molar-refractivity contribution in [2.45, 2.75) is 0 Å². The Hall–Kier alpha value is -2.47. The van der Waals surface area contributed by atoms with E-state index in [1.54, 1.807) is 12.1 Å². The monoisotopic (exact) mass is 290 g/mol. The van der Waals surface area contributed by atoms with Gasteiger partial charge in [0.2, 0.25) is 5.91 Å². The normalized spacial score (nSPS) is 10.4. The van der Waals surface area contributed by atoms with Crippen molar-refractivity contribution in [2.75, 3.05) is 5.32 Å². The van der Waals surface area contributed by atoms with Gasteiger partial charge in [-0.1, -0.05) is 0 Å². The molecule has 0 aliphatic carbocycles. The molecule has 0 bridgehead atoms. The van der Waals surface area contributed by atoms with Gasteiger partial charge in [0, 0.05) is 11.8 Å². The molecule has 0 saturated heterocycles. The molecule has 4 nitrogen and oxygen atoms in total. The fourth-order valence-corrected chi connectivity index (χ4v) is 1.61. The number of halogens is 1. The summed E-state index contributed by atoms with van der Waals surface area (Å²) in [6, 6.07) is 9.07. The number of hydrogen-bond donors (Lipinski definition) is 2. The third-order valence-corrected chi connectivity index (χ3v) is 2.49. The fraction of sp³-hybridized carbons (Fsp3) is 0. The number of rotatable bonds is 3. The predicted molar refractivity (Wildman–Crippen MR) is 78.5 cm³/mol. The van der Waals surface area contributed by atoms with Crippen molar-refractivity contribution in [1.82, 2.24) is 5.32 Å². The molecular formula is C14H11FN2O2S. The van der Waals surface area contributed by atoms with Gasteiger partial charge in [0.1, 0.15) is 11.6 Å². The number of anilines is 1. The summed E-state index contributed by atoms with van der Waals surface area (Å²) in [6.45, 7) is 0. The van der Waals surface area contributed by atoms with Crippen LogP contribution in [0.2, 0.25) is 0 Å². The predicted octanol–water partition coefficient (Wildman–Crippen LogP) is 2.95. The van der Waals surface area contributed by atoms with Crippen LogP contribution in [0.4, 0.5) is 10.1 Å². The number of hydrogen-bond acceptors (Lipinski definition) is 3. The zero-order valence-electron chi connectivity index (χ0n) is 10.3. The van der Waals surface area contributed by atoms with Crippen LogP contribution in [-0.2, 0) is 4.79 Å². The van der Waals surface area contributed by atoms with Crippen molar-refractivity contribution in [1.29, 1.82) is 0 Å². The number of amides is 1. The van der Waals surface area contributed by atoms with Gasteiger partial charge in [0.15, 0.2) is 5.11 Å². The fourth-order valence-electron chi connectivity index (χ4n) is 1.39. The lowest BCUT2D eigenvalue weighted by Crippen LogP contribution is -2.32. The van der Waals surface area contributed by atoms with Crippen LogP contribution >= 0.6 is 12.2 Å². The molecule has 0 aliphatic rings. The first-order valence-electron chi connectivity index (χ1n) is 5.72. The van der Waals surface area contributed by atoms with E-state index in [2.05, 4.69) is 10.6 Å². The minimum absolute atomic E-state index is 0.130. The molecule has 6 heteroatoms. The van der Waals surface area contributed by atoms with Crippen molar-refractivity contribution < 1.29 is 13.6 Å². The van der Waals surface area contributed by atoms with Crippen LogP contribution in [0.5, 0.6) is 0 Å². The topological polar surface area (TPSA) is 54.3 Å². The van der Waals surface area contributed by atoms with Crippen molar-refractivity contribution in [3.8, 4) is 0 Å². The molecule has 0 radical (unpaired) electrons. The highest BCUT2D eigenvalue weighted by molar-refractivity contribution is 7.80. The van der Waals surface area contributed by atoms with Crippen LogP contribution < -0.4 is 10.6 Å². The summed E-state index contributed by atoms with van der Waals surface area (Å²) < 4.78 is 17.8. The Kier molecular flexibility index (Phi) is 4.62. The summed E-state index contributed by atoms with van der Waals surface area (Å²) >= 11 is 4.97. The maximum Gasteiger partial charge on any atom is 0.250 e. The van der Waals surface area contributed by atoms with E-state index < -0.39 is 0 Å². The first-order chi connectivity index (χ1) is 9.63. The number of carbonyl (C=O) groups excluding carboxylic acids is 1. The largest absolute Gasteiger partial charge is 0.465 e. The molecule has 20 heavy (non-hydrogen) atoms. The van der Waals surface area contributed by atoms with Gasteiger partial charge in [0.25, 0.3) is 0 Å². The van der Waals surface area contributed by atoms with E-state index in [9.17, 15) is 9.18 Å². The summed E-state index contributed by atoms with van der Waals surface area (Å²) in [5.41, 5.74) is 0.590. The van der Waals surface area contributed by atoms with E-state index in [0.717, 1.165) is 0 Å². The van der Waals surface area contributed by atoms with Gasteiger partial charge >= 0.3 is 0 Å². The Balaban J connectivity index is 1.85. The highest BCUT2D eigenvalue weighted by Gasteiger charge is 2.02. The lowest BCUT2D eigenvalue weighted by Gasteiger charge is -2.07. The molecule has 0 spiro atoms. The molecule has 0 saturated carbocycles. The molecule has 0 atom stereocenters. The summed E-state index contributed by atoms with van der Waals surface area (Å²) in [7, 11) is 0. The second-order valence-corrected chi connectivity index (χ2v) is 4.21. The number of thiocarbonyl (C=S) groups is 1. The van der Waals surface area contributed by atoms with Gasteiger partial charge in [-0.25, -0.2) is 4.39 Å². The van der Waals surface area contributed by atoms with Crippen LogP contribution in [0.25, 0.3) is 6.08 Å². The Morgan fingerprint density at radius 1 is 1.25 bits per heavy atom. The third-order valence-electron chi connectivity index (χ3n) is 2.28. The van der Waals surface area contributed by atoms with E-state index in [0.29, 0.717) is 11.4 Å². The van der Waals surface area contributed by atoms with Crippen molar-refractivity contribution in [2.24, 2.45) is 0 Å². The molecule has 1 aromatic heterocycles. The molecule has 1 aromatic carbocycles. The molecule has 2 N–H and O–H groups in total. The standard InChI is InChI=1S/C14H11FN2O2S/c15-10-3-5-11(6-4-10)16-14(20)17-13(18)8-7-12-2-1-9-19-12/h1-9H,(H2,16,17,18,20)/b8-7+. The lowest BCUT2D eigenvalue weighted by molar-refractivity contribution is -0.115. The van der Waals surface area contributed by atoms with Crippen LogP contribution in [-0.4, -0.2) is 11.0 Å². The number of benzene rings is 1. The van der Waals surface area contributed by atoms with E-state index in [-0.39, 0.29) is 16.8 Å².